The first-order chi connectivity index (χ1) is 9.22. The van der Waals surface area contributed by atoms with Crippen molar-refractivity contribution in [3.63, 3.8) is 0 Å². The fraction of sp³-hybridized carbons (Fsp3) is 0.562. The summed E-state index contributed by atoms with van der Waals surface area (Å²) in [6.45, 7) is 4.12. The Balaban J connectivity index is 2.66. The molecule has 0 fully saturated rings. The smallest absolute Gasteiger partial charge is 0.223 e. The van der Waals surface area contributed by atoms with Crippen molar-refractivity contribution < 1.29 is 9.90 Å². The van der Waals surface area contributed by atoms with Crippen LogP contribution in [0.15, 0.2) is 30.3 Å². The quantitative estimate of drug-likeness (QED) is 0.757. The van der Waals surface area contributed by atoms with E-state index in [1.807, 2.05) is 30.3 Å². The minimum atomic E-state index is -0.301. The maximum absolute atomic E-state index is 12.2. The van der Waals surface area contributed by atoms with Gasteiger partial charge in [-0.05, 0) is 18.4 Å². The minimum Gasteiger partial charge on any atom is -0.394 e. The predicted octanol–water partition coefficient (Wildman–Crippen LogP) is 3.05. The highest BCUT2D eigenvalue weighted by Gasteiger charge is 2.20. The van der Waals surface area contributed by atoms with Crippen molar-refractivity contribution in [2.45, 2.75) is 45.6 Å². The Morgan fingerprint density at radius 3 is 2.21 bits per heavy atom. The maximum atomic E-state index is 12.2. The molecule has 0 radical (unpaired) electrons. The highest BCUT2D eigenvalue weighted by atomic mass is 16.3. The zero-order valence-corrected chi connectivity index (χ0v) is 11.9. The Kier molecular flexibility index (Phi) is 7.19. The Morgan fingerprint density at radius 1 is 1.16 bits per heavy atom. The van der Waals surface area contributed by atoms with Crippen LogP contribution in [0, 0.1) is 5.92 Å². The molecule has 0 aliphatic rings. The van der Waals surface area contributed by atoms with E-state index in [2.05, 4.69) is 19.2 Å². The topological polar surface area (TPSA) is 49.3 Å². The lowest BCUT2D eigenvalue weighted by Crippen LogP contribution is -2.35. The number of nitrogens with one attached hydrogen (secondary N) is 1. The zero-order chi connectivity index (χ0) is 14.1. The van der Waals surface area contributed by atoms with Gasteiger partial charge in [-0.3, -0.25) is 4.79 Å². The number of aliphatic hydroxyl groups excluding tert-OH is 1. The molecule has 2 N–H and O–H groups in total. The molecule has 1 rings (SSSR count). The SMILES string of the molecule is CCCC(CCC)C(=O)N[C@H](CO)c1ccccc1. The van der Waals surface area contributed by atoms with E-state index in [0.717, 1.165) is 31.2 Å². The van der Waals surface area contributed by atoms with Crippen molar-refractivity contribution in [3.05, 3.63) is 35.9 Å². The third-order valence-corrected chi connectivity index (χ3v) is 3.35. The van der Waals surface area contributed by atoms with E-state index in [9.17, 15) is 9.90 Å². The van der Waals surface area contributed by atoms with Gasteiger partial charge in [0.15, 0.2) is 0 Å². The second kappa shape index (κ2) is 8.70. The summed E-state index contributed by atoms with van der Waals surface area (Å²) in [5, 5.41) is 12.4. The summed E-state index contributed by atoms with van der Waals surface area (Å²) < 4.78 is 0. The number of carbonyl (C=O) groups excluding carboxylic acids is 1. The van der Waals surface area contributed by atoms with Crippen LogP contribution in [0.25, 0.3) is 0 Å². The van der Waals surface area contributed by atoms with Gasteiger partial charge in [-0.15, -0.1) is 0 Å². The van der Waals surface area contributed by atoms with Crippen molar-refractivity contribution in [2.75, 3.05) is 6.61 Å². The molecule has 0 saturated heterocycles. The Hall–Kier alpha value is -1.35. The summed E-state index contributed by atoms with van der Waals surface area (Å²) in [6.07, 6.45) is 3.83. The third kappa shape index (κ3) is 5.03. The molecule has 106 valence electrons. The van der Waals surface area contributed by atoms with Gasteiger partial charge in [0, 0.05) is 5.92 Å². The lowest BCUT2D eigenvalue weighted by molar-refractivity contribution is -0.126. The van der Waals surface area contributed by atoms with Crippen LogP contribution in [0.4, 0.5) is 0 Å². The Labute approximate surface area is 116 Å². The van der Waals surface area contributed by atoms with Gasteiger partial charge in [0.25, 0.3) is 0 Å². The van der Waals surface area contributed by atoms with E-state index in [0.29, 0.717) is 0 Å². The first-order valence-electron chi connectivity index (χ1n) is 7.19. The van der Waals surface area contributed by atoms with Crippen LogP contribution in [0.1, 0.15) is 51.1 Å². The molecule has 0 aliphatic heterocycles. The molecular weight excluding hydrogens is 238 g/mol. The molecule has 0 aliphatic carbocycles. The van der Waals surface area contributed by atoms with E-state index in [-0.39, 0.29) is 24.5 Å². The number of carbonyl (C=O) groups is 1. The molecule has 1 aromatic carbocycles. The highest BCUT2D eigenvalue weighted by Crippen LogP contribution is 2.17. The van der Waals surface area contributed by atoms with Gasteiger partial charge >= 0.3 is 0 Å². The third-order valence-electron chi connectivity index (χ3n) is 3.35. The molecule has 3 nitrogen and oxygen atoms in total. The summed E-state index contributed by atoms with van der Waals surface area (Å²) in [6, 6.07) is 9.31. The van der Waals surface area contributed by atoms with Gasteiger partial charge in [-0.1, -0.05) is 57.0 Å². The van der Waals surface area contributed by atoms with Gasteiger partial charge in [0.1, 0.15) is 0 Å². The number of amides is 1. The summed E-state index contributed by atoms with van der Waals surface area (Å²) in [5.41, 5.74) is 0.949. The van der Waals surface area contributed by atoms with E-state index in [1.54, 1.807) is 0 Å². The summed E-state index contributed by atoms with van der Waals surface area (Å²) in [4.78, 5) is 12.2. The first-order valence-corrected chi connectivity index (χ1v) is 7.19. The Morgan fingerprint density at radius 2 is 1.74 bits per heavy atom. The maximum Gasteiger partial charge on any atom is 0.223 e. The first kappa shape index (κ1) is 15.7. The molecule has 1 amide bonds. The van der Waals surface area contributed by atoms with Crippen LogP contribution in [-0.4, -0.2) is 17.6 Å². The van der Waals surface area contributed by atoms with Crippen molar-refractivity contribution in [1.82, 2.24) is 5.32 Å². The van der Waals surface area contributed by atoms with Crippen LogP contribution in [0.2, 0.25) is 0 Å². The largest absolute Gasteiger partial charge is 0.394 e. The molecule has 1 atom stereocenters. The molecule has 19 heavy (non-hydrogen) atoms. The van der Waals surface area contributed by atoms with Gasteiger partial charge in [-0.2, -0.15) is 0 Å². The standard InChI is InChI=1S/C16H25NO2/c1-3-8-14(9-4-2)16(19)17-15(12-18)13-10-6-5-7-11-13/h5-7,10-11,14-15,18H,3-4,8-9,12H2,1-2H3,(H,17,19)/t15-/m1/s1. The van der Waals surface area contributed by atoms with Crippen LogP contribution in [-0.2, 0) is 4.79 Å². The highest BCUT2D eigenvalue weighted by molar-refractivity contribution is 5.79. The summed E-state index contributed by atoms with van der Waals surface area (Å²) in [7, 11) is 0. The van der Waals surface area contributed by atoms with Crippen LogP contribution >= 0.6 is 0 Å². The molecule has 0 spiro atoms. The van der Waals surface area contributed by atoms with Crippen molar-refractivity contribution >= 4 is 5.91 Å². The normalized spacial score (nSPS) is 12.4. The second-order valence-electron chi connectivity index (χ2n) is 4.93. The van der Waals surface area contributed by atoms with Gasteiger partial charge in [-0.25, -0.2) is 0 Å². The molecule has 0 aromatic heterocycles. The van der Waals surface area contributed by atoms with Gasteiger partial charge in [0.05, 0.1) is 12.6 Å². The number of benzene rings is 1. The molecule has 0 unspecified atom stereocenters. The number of rotatable bonds is 8. The second-order valence-corrected chi connectivity index (χ2v) is 4.93. The summed E-state index contributed by atoms with van der Waals surface area (Å²) in [5.74, 6) is 0.124. The average molecular weight is 263 g/mol. The van der Waals surface area contributed by atoms with E-state index < -0.39 is 0 Å². The molecule has 0 heterocycles. The number of aliphatic hydroxyl groups is 1. The fourth-order valence-corrected chi connectivity index (χ4v) is 2.31. The minimum absolute atomic E-state index is 0.0617. The van der Waals surface area contributed by atoms with E-state index >= 15 is 0 Å². The van der Waals surface area contributed by atoms with E-state index in [4.69, 9.17) is 0 Å². The summed E-state index contributed by atoms with van der Waals surface area (Å²) >= 11 is 0. The van der Waals surface area contributed by atoms with Crippen LogP contribution in [0.3, 0.4) is 0 Å². The molecule has 1 aromatic rings. The fourth-order valence-electron chi connectivity index (χ4n) is 2.31. The van der Waals surface area contributed by atoms with Crippen molar-refractivity contribution in [1.29, 1.82) is 0 Å². The number of hydrogen-bond donors (Lipinski definition) is 2. The van der Waals surface area contributed by atoms with Crippen molar-refractivity contribution in [2.24, 2.45) is 5.92 Å². The molecule has 3 heteroatoms. The average Bonchev–Trinajstić information content (AvgIpc) is 2.45. The van der Waals surface area contributed by atoms with Crippen LogP contribution < -0.4 is 5.32 Å². The van der Waals surface area contributed by atoms with E-state index in [1.165, 1.54) is 0 Å². The van der Waals surface area contributed by atoms with Crippen LogP contribution in [0.5, 0.6) is 0 Å². The lowest BCUT2D eigenvalue weighted by Gasteiger charge is -2.21. The molecule has 0 saturated carbocycles. The predicted molar refractivity (Wildman–Crippen MR) is 77.7 cm³/mol. The van der Waals surface area contributed by atoms with Gasteiger partial charge in [0.2, 0.25) is 5.91 Å². The zero-order valence-electron chi connectivity index (χ0n) is 11.9. The lowest BCUT2D eigenvalue weighted by atomic mass is 9.96. The molecule has 0 bridgehead atoms. The monoisotopic (exact) mass is 263 g/mol. The van der Waals surface area contributed by atoms with Crippen molar-refractivity contribution in [3.8, 4) is 0 Å². The Bertz CT molecular complexity index is 358. The molecular formula is C16H25NO2. The number of hydrogen-bond acceptors (Lipinski definition) is 2. The van der Waals surface area contributed by atoms with Gasteiger partial charge < -0.3 is 10.4 Å².